The van der Waals surface area contributed by atoms with Crippen LogP contribution in [0.5, 0.6) is 5.75 Å². The molecule has 33 heavy (non-hydrogen) atoms. The third kappa shape index (κ3) is 5.41. The monoisotopic (exact) mass is 466 g/mol. The van der Waals surface area contributed by atoms with Gasteiger partial charge in [-0.3, -0.25) is 4.68 Å². The summed E-state index contributed by atoms with van der Waals surface area (Å²) in [5.74, 6) is 2.13. The smallest absolute Gasteiger partial charge is 0.415 e. The highest BCUT2D eigenvalue weighted by molar-refractivity contribution is 5.80. The lowest BCUT2D eigenvalue weighted by atomic mass is 9.93. The Labute approximate surface area is 189 Å². The van der Waals surface area contributed by atoms with E-state index in [4.69, 9.17) is 9.84 Å². The van der Waals surface area contributed by atoms with Crippen molar-refractivity contribution in [3.63, 3.8) is 0 Å². The van der Waals surface area contributed by atoms with E-state index in [9.17, 15) is 13.2 Å². The first-order valence-electron chi connectivity index (χ1n) is 11.0. The van der Waals surface area contributed by atoms with Gasteiger partial charge in [-0.2, -0.15) is 18.3 Å². The quantitative estimate of drug-likeness (QED) is 0.494. The highest BCUT2D eigenvalue weighted by Crippen LogP contribution is 2.29. The van der Waals surface area contributed by atoms with Crippen molar-refractivity contribution in [3.05, 3.63) is 30.0 Å². The number of ether oxygens (including phenoxy) is 1. The van der Waals surface area contributed by atoms with Gasteiger partial charge in [-0.15, -0.1) is 0 Å². The van der Waals surface area contributed by atoms with Gasteiger partial charge in [0.25, 0.3) is 0 Å². The number of nitrogens with zero attached hydrogens (tertiary/aromatic N) is 4. The number of halogens is 3. The normalized spacial score (nSPS) is 20.2. The molecule has 0 bridgehead atoms. The van der Waals surface area contributed by atoms with Crippen LogP contribution in [-0.2, 0) is 14.1 Å². The zero-order valence-electron chi connectivity index (χ0n) is 18.9. The predicted octanol–water partition coefficient (Wildman–Crippen LogP) is 3.56. The molecule has 1 saturated carbocycles. The van der Waals surface area contributed by atoms with Crippen LogP contribution in [-0.4, -0.2) is 55.4 Å². The van der Waals surface area contributed by atoms with Crippen molar-refractivity contribution in [3.8, 4) is 5.75 Å². The zero-order valence-corrected chi connectivity index (χ0v) is 18.9. The molecule has 0 saturated heterocycles. The standard InChI is InChI=1S/C22H29F3N6O2/c1-13-10-20(29-31(13)3)28-21-27-17-9-8-16(11-18(17)30(21)2)33-15-6-4-14(5-7-15)26-12-19(32)22(23,24)25/h8-11,14-15,19,26,32H,4-7,12H2,1-3H3,(H,27,28,29)/t14-,15+,19-/m1/s1. The summed E-state index contributed by atoms with van der Waals surface area (Å²) < 4.78 is 47.2. The summed E-state index contributed by atoms with van der Waals surface area (Å²) in [7, 11) is 3.80. The molecule has 0 unspecified atom stereocenters. The van der Waals surface area contributed by atoms with E-state index in [0.717, 1.165) is 41.1 Å². The Bertz CT molecular complexity index is 1080. The van der Waals surface area contributed by atoms with Crippen molar-refractivity contribution in [1.82, 2.24) is 24.6 Å². The summed E-state index contributed by atoms with van der Waals surface area (Å²) in [5.41, 5.74) is 2.78. The van der Waals surface area contributed by atoms with Crippen molar-refractivity contribution < 1.29 is 23.0 Å². The second-order valence-electron chi connectivity index (χ2n) is 8.62. The number of benzene rings is 1. The molecule has 2 heterocycles. The summed E-state index contributed by atoms with van der Waals surface area (Å²) in [6, 6.07) is 7.63. The molecule has 1 aliphatic rings. The van der Waals surface area contributed by atoms with Crippen LogP contribution < -0.4 is 15.4 Å². The molecule has 0 aliphatic heterocycles. The second-order valence-corrected chi connectivity index (χ2v) is 8.62. The van der Waals surface area contributed by atoms with Gasteiger partial charge in [0.05, 0.1) is 17.1 Å². The van der Waals surface area contributed by atoms with Crippen LogP contribution in [0.1, 0.15) is 31.4 Å². The molecule has 0 radical (unpaired) electrons. The number of hydrogen-bond acceptors (Lipinski definition) is 6. The van der Waals surface area contributed by atoms with Crippen LogP contribution in [0.15, 0.2) is 24.3 Å². The van der Waals surface area contributed by atoms with Crippen LogP contribution in [0.3, 0.4) is 0 Å². The Balaban J connectivity index is 1.34. The molecule has 4 rings (SSSR count). The van der Waals surface area contributed by atoms with Gasteiger partial charge in [0.15, 0.2) is 11.9 Å². The molecule has 1 fully saturated rings. The number of aliphatic hydroxyl groups excluding tert-OH is 1. The second kappa shape index (κ2) is 9.22. The third-order valence-electron chi connectivity index (χ3n) is 6.16. The van der Waals surface area contributed by atoms with Gasteiger partial charge >= 0.3 is 6.18 Å². The van der Waals surface area contributed by atoms with Gasteiger partial charge in [0, 0.05) is 44.5 Å². The van der Waals surface area contributed by atoms with E-state index in [2.05, 4.69) is 20.7 Å². The Hall–Kier alpha value is -2.79. The molecule has 1 atom stereocenters. The van der Waals surface area contributed by atoms with E-state index in [1.165, 1.54) is 0 Å². The first-order chi connectivity index (χ1) is 15.6. The summed E-state index contributed by atoms with van der Waals surface area (Å²) in [4.78, 5) is 4.63. The maximum atomic E-state index is 12.5. The van der Waals surface area contributed by atoms with Gasteiger partial charge in [0.1, 0.15) is 5.75 Å². The number of aliphatic hydroxyl groups is 1. The lowest BCUT2D eigenvalue weighted by Crippen LogP contribution is -2.44. The van der Waals surface area contributed by atoms with Crippen molar-refractivity contribution in [1.29, 1.82) is 0 Å². The van der Waals surface area contributed by atoms with Gasteiger partial charge in [0.2, 0.25) is 5.95 Å². The number of imidazole rings is 1. The topological polar surface area (TPSA) is 89.2 Å². The number of alkyl halides is 3. The number of nitrogens with one attached hydrogen (secondary N) is 2. The van der Waals surface area contributed by atoms with Crippen LogP contribution in [0.25, 0.3) is 11.0 Å². The summed E-state index contributed by atoms with van der Waals surface area (Å²) in [6.07, 6.45) is -4.08. The SMILES string of the molecule is Cc1cc(Nc2nc3ccc(O[C@H]4CC[C@@H](NC[C@@H](O)C(F)(F)F)CC4)cc3n2C)nn1C. The average molecular weight is 467 g/mol. The summed E-state index contributed by atoms with van der Waals surface area (Å²) in [6.45, 7) is 1.50. The molecule has 8 nitrogen and oxygen atoms in total. The molecule has 0 spiro atoms. The van der Waals surface area contributed by atoms with Crippen LogP contribution >= 0.6 is 0 Å². The number of aryl methyl sites for hydroxylation is 3. The van der Waals surface area contributed by atoms with Crippen molar-refractivity contribution >= 4 is 22.8 Å². The molecular formula is C22H29F3N6O2. The fourth-order valence-electron chi connectivity index (χ4n) is 4.06. The highest BCUT2D eigenvalue weighted by Gasteiger charge is 2.38. The lowest BCUT2D eigenvalue weighted by Gasteiger charge is -2.30. The summed E-state index contributed by atoms with van der Waals surface area (Å²) >= 11 is 0. The maximum absolute atomic E-state index is 12.5. The molecule has 3 aromatic rings. The molecule has 2 aromatic heterocycles. The Morgan fingerprint density at radius 2 is 1.91 bits per heavy atom. The van der Waals surface area contributed by atoms with E-state index in [1.807, 2.05) is 49.9 Å². The third-order valence-corrected chi connectivity index (χ3v) is 6.16. The first-order valence-corrected chi connectivity index (χ1v) is 11.0. The number of fused-ring (bicyclic) bond motifs is 1. The highest BCUT2D eigenvalue weighted by atomic mass is 19.4. The van der Waals surface area contributed by atoms with Crippen LogP contribution in [0.4, 0.5) is 24.9 Å². The number of anilines is 2. The average Bonchev–Trinajstić information content (AvgIpc) is 3.24. The van der Waals surface area contributed by atoms with Gasteiger partial charge < -0.3 is 25.0 Å². The number of rotatable bonds is 7. The fourth-order valence-corrected chi connectivity index (χ4v) is 4.06. The number of aromatic nitrogens is 4. The molecule has 11 heteroatoms. The van der Waals surface area contributed by atoms with E-state index in [0.29, 0.717) is 18.8 Å². The van der Waals surface area contributed by atoms with E-state index < -0.39 is 18.8 Å². The van der Waals surface area contributed by atoms with Gasteiger partial charge in [-0.1, -0.05) is 0 Å². The zero-order chi connectivity index (χ0) is 23.8. The van der Waals surface area contributed by atoms with Crippen molar-refractivity contribution in [2.75, 3.05) is 11.9 Å². The van der Waals surface area contributed by atoms with E-state index in [-0.39, 0.29) is 12.1 Å². The largest absolute Gasteiger partial charge is 0.490 e. The van der Waals surface area contributed by atoms with E-state index >= 15 is 0 Å². The van der Waals surface area contributed by atoms with Crippen LogP contribution in [0.2, 0.25) is 0 Å². The minimum absolute atomic E-state index is 0.00430. The van der Waals surface area contributed by atoms with Gasteiger partial charge in [-0.05, 0) is 44.7 Å². The van der Waals surface area contributed by atoms with Crippen molar-refractivity contribution in [2.24, 2.45) is 14.1 Å². The molecule has 0 amide bonds. The predicted molar refractivity (Wildman–Crippen MR) is 119 cm³/mol. The molecule has 3 N–H and O–H groups in total. The van der Waals surface area contributed by atoms with Gasteiger partial charge in [-0.25, -0.2) is 4.98 Å². The molecule has 180 valence electrons. The van der Waals surface area contributed by atoms with E-state index in [1.54, 1.807) is 4.68 Å². The Morgan fingerprint density at radius 3 is 2.55 bits per heavy atom. The Morgan fingerprint density at radius 1 is 1.18 bits per heavy atom. The molecule has 1 aliphatic carbocycles. The summed E-state index contributed by atoms with van der Waals surface area (Å²) in [5, 5.41) is 19.6. The fraction of sp³-hybridized carbons (Fsp3) is 0.545. The minimum Gasteiger partial charge on any atom is -0.490 e. The first kappa shape index (κ1) is 23.4. The maximum Gasteiger partial charge on any atom is 0.415 e. The van der Waals surface area contributed by atoms with Crippen molar-refractivity contribution in [2.45, 2.75) is 57.0 Å². The number of hydrogen-bond donors (Lipinski definition) is 3. The minimum atomic E-state index is -4.59. The lowest BCUT2D eigenvalue weighted by molar-refractivity contribution is -0.202. The molecule has 1 aromatic carbocycles. The van der Waals surface area contributed by atoms with Crippen LogP contribution in [0, 0.1) is 6.92 Å². The Kier molecular flexibility index (Phi) is 6.53. The molecular weight excluding hydrogens is 437 g/mol.